The van der Waals surface area contributed by atoms with Crippen molar-refractivity contribution < 1.29 is 4.74 Å². The number of hydrogen-bond donors (Lipinski definition) is 1. The summed E-state index contributed by atoms with van der Waals surface area (Å²) < 4.78 is 5.52. The highest BCUT2D eigenvalue weighted by Crippen LogP contribution is 2.16. The Balaban J connectivity index is 2.29. The first-order chi connectivity index (χ1) is 8.79. The minimum absolute atomic E-state index is 0.636. The molecule has 2 rings (SSSR count). The molecule has 0 spiro atoms. The van der Waals surface area contributed by atoms with E-state index in [0.717, 1.165) is 22.6 Å². The molecule has 0 amide bonds. The van der Waals surface area contributed by atoms with E-state index in [1.54, 1.807) is 0 Å². The molecule has 0 atom stereocenters. The van der Waals surface area contributed by atoms with Crippen LogP contribution in [-0.2, 0) is 0 Å². The summed E-state index contributed by atoms with van der Waals surface area (Å²) in [7, 11) is 0. The van der Waals surface area contributed by atoms with E-state index in [1.165, 1.54) is 0 Å². The largest absolute Gasteiger partial charge is 0.493 e. The number of rotatable bonds is 2. The molecule has 18 heavy (non-hydrogen) atoms. The van der Waals surface area contributed by atoms with E-state index >= 15 is 0 Å². The zero-order valence-electron chi connectivity index (χ0n) is 10.3. The third-order valence-electron chi connectivity index (χ3n) is 2.42. The number of nitrogen functional groups attached to an aromatic ring is 1. The molecular weight excluding hydrogens is 222 g/mol. The average Bonchev–Trinajstić information content (AvgIpc) is 2.38. The van der Waals surface area contributed by atoms with Gasteiger partial charge in [-0.05, 0) is 37.3 Å². The van der Waals surface area contributed by atoms with Crippen LogP contribution in [0.2, 0.25) is 0 Å². The average molecular weight is 237 g/mol. The Kier molecular flexibility index (Phi) is 3.88. The van der Waals surface area contributed by atoms with Crippen LogP contribution in [0.5, 0.6) is 5.75 Å². The van der Waals surface area contributed by atoms with Crippen molar-refractivity contribution in [3.05, 3.63) is 59.7 Å². The number of benzene rings is 2. The third-order valence-corrected chi connectivity index (χ3v) is 2.42. The summed E-state index contributed by atoms with van der Waals surface area (Å²) in [5.41, 5.74) is 8.23. The van der Waals surface area contributed by atoms with Crippen molar-refractivity contribution in [1.82, 2.24) is 0 Å². The Morgan fingerprint density at radius 2 is 1.89 bits per heavy atom. The fourth-order valence-corrected chi connectivity index (χ4v) is 1.61. The number of para-hydroxylation sites is 1. The highest BCUT2D eigenvalue weighted by molar-refractivity contribution is 5.52. The topological polar surface area (TPSA) is 35.2 Å². The standard InChI is InChI=1S/C16H15NO/c1-2-18-16-9-4-3-7-14(16)11-10-13-6-5-8-15(17)12-13/h3-9,12H,2,17H2,1H3. The van der Waals surface area contributed by atoms with Gasteiger partial charge in [0.15, 0.2) is 0 Å². The van der Waals surface area contributed by atoms with E-state index < -0.39 is 0 Å². The summed E-state index contributed by atoms with van der Waals surface area (Å²) in [4.78, 5) is 0. The number of hydrogen-bond acceptors (Lipinski definition) is 2. The zero-order chi connectivity index (χ0) is 12.8. The smallest absolute Gasteiger partial charge is 0.134 e. The molecule has 0 bridgehead atoms. The fourth-order valence-electron chi connectivity index (χ4n) is 1.61. The summed E-state index contributed by atoms with van der Waals surface area (Å²) in [6, 6.07) is 15.3. The summed E-state index contributed by atoms with van der Waals surface area (Å²) in [6.45, 7) is 2.60. The van der Waals surface area contributed by atoms with E-state index in [1.807, 2.05) is 55.5 Å². The molecule has 0 aromatic heterocycles. The van der Waals surface area contributed by atoms with Gasteiger partial charge in [0.2, 0.25) is 0 Å². The molecule has 0 heterocycles. The van der Waals surface area contributed by atoms with E-state index in [2.05, 4.69) is 11.8 Å². The van der Waals surface area contributed by atoms with E-state index in [0.29, 0.717) is 6.61 Å². The van der Waals surface area contributed by atoms with Gasteiger partial charge >= 0.3 is 0 Å². The van der Waals surface area contributed by atoms with Crippen LogP contribution in [0.15, 0.2) is 48.5 Å². The normalized spacial score (nSPS) is 9.39. The molecule has 0 aliphatic heterocycles. The molecule has 2 aromatic carbocycles. The van der Waals surface area contributed by atoms with Gasteiger partial charge < -0.3 is 10.5 Å². The predicted octanol–water partition coefficient (Wildman–Crippen LogP) is 3.07. The van der Waals surface area contributed by atoms with Gasteiger partial charge in [-0.2, -0.15) is 0 Å². The van der Waals surface area contributed by atoms with Crippen LogP contribution in [0.1, 0.15) is 18.1 Å². The van der Waals surface area contributed by atoms with Crippen LogP contribution in [0.4, 0.5) is 5.69 Å². The molecule has 0 aliphatic carbocycles. The Hall–Kier alpha value is -2.40. The van der Waals surface area contributed by atoms with Crippen molar-refractivity contribution in [1.29, 1.82) is 0 Å². The number of ether oxygens (including phenoxy) is 1. The monoisotopic (exact) mass is 237 g/mol. The van der Waals surface area contributed by atoms with Crippen LogP contribution in [-0.4, -0.2) is 6.61 Å². The first kappa shape index (κ1) is 12.1. The van der Waals surface area contributed by atoms with Gasteiger partial charge in [-0.25, -0.2) is 0 Å². The molecule has 0 saturated heterocycles. The molecule has 2 aromatic rings. The van der Waals surface area contributed by atoms with Gasteiger partial charge in [0.05, 0.1) is 12.2 Å². The van der Waals surface area contributed by atoms with Crippen molar-refractivity contribution in [2.75, 3.05) is 12.3 Å². The highest BCUT2D eigenvalue weighted by Gasteiger charge is 1.97. The molecule has 2 heteroatoms. The lowest BCUT2D eigenvalue weighted by Gasteiger charge is -2.04. The zero-order valence-corrected chi connectivity index (χ0v) is 10.3. The van der Waals surface area contributed by atoms with Gasteiger partial charge in [0, 0.05) is 11.3 Å². The summed E-state index contributed by atoms with van der Waals surface area (Å²) in [5, 5.41) is 0. The Labute approximate surface area is 107 Å². The van der Waals surface area contributed by atoms with Crippen LogP contribution >= 0.6 is 0 Å². The Bertz CT molecular complexity index is 593. The van der Waals surface area contributed by atoms with Gasteiger partial charge in [-0.1, -0.05) is 30.0 Å². The van der Waals surface area contributed by atoms with Crippen molar-refractivity contribution in [3.8, 4) is 17.6 Å². The number of nitrogens with two attached hydrogens (primary N) is 1. The second-order valence-corrected chi connectivity index (χ2v) is 3.80. The SMILES string of the molecule is CCOc1ccccc1C#Cc1cccc(N)c1. The molecule has 0 radical (unpaired) electrons. The van der Waals surface area contributed by atoms with Crippen molar-refractivity contribution in [3.63, 3.8) is 0 Å². The lowest BCUT2D eigenvalue weighted by Crippen LogP contribution is -1.93. The molecule has 2 nitrogen and oxygen atoms in total. The van der Waals surface area contributed by atoms with Gasteiger partial charge in [-0.3, -0.25) is 0 Å². The molecule has 0 unspecified atom stereocenters. The van der Waals surface area contributed by atoms with Crippen molar-refractivity contribution in [2.24, 2.45) is 0 Å². The van der Waals surface area contributed by atoms with Crippen LogP contribution in [0.3, 0.4) is 0 Å². The maximum Gasteiger partial charge on any atom is 0.134 e. The lowest BCUT2D eigenvalue weighted by molar-refractivity contribution is 0.339. The minimum atomic E-state index is 0.636. The van der Waals surface area contributed by atoms with E-state index in [9.17, 15) is 0 Å². The summed E-state index contributed by atoms with van der Waals surface area (Å²) in [5.74, 6) is 7.02. The fraction of sp³-hybridized carbons (Fsp3) is 0.125. The first-order valence-electron chi connectivity index (χ1n) is 5.89. The lowest BCUT2D eigenvalue weighted by atomic mass is 10.1. The second-order valence-electron chi connectivity index (χ2n) is 3.80. The Morgan fingerprint density at radius 3 is 2.67 bits per heavy atom. The van der Waals surface area contributed by atoms with Crippen LogP contribution in [0, 0.1) is 11.8 Å². The number of anilines is 1. The molecular formula is C16H15NO. The summed E-state index contributed by atoms with van der Waals surface area (Å²) >= 11 is 0. The van der Waals surface area contributed by atoms with Gasteiger partial charge in [-0.15, -0.1) is 0 Å². The van der Waals surface area contributed by atoms with Crippen LogP contribution < -0.4 is 10.5 Å². The molecule has 0 fully saturated rings. The van der Waals surface area contributed by atoms with Gasteiger partial charge in [0.1, 0.15) is 5.75 Å². The van der Waals surface area contributed by atoms with Crippen LogP contribution in [0.25, 0.3) is 0 Å². The highest BCUT2D eigenvalue weighted by atomic mass is 16.5. The van der Waals surface area contributed by atoms with E-state index in [4.69, 9.17) is 10.5 Å². The minimum Gasteiger partial charge on any atom is -0.493 e. The maximum absolute atomic E-state index is 5.71. The van der Waals surface area contributed by atoms with Crippen molar-refractivity contribution in [2.45, 2.75) is 6.92 Å². The molecule has 0 aliphatic rings. The van der Waals surface area contributed by atoms with Crippen molar-refractivity contribution >= 4 is 5.69 Å². The molecule has 90 valence electrons. The van der Waals surface area contributed by atoms with E-state index in [-0.39, 0.29) is 0 Å². The third kappa shape index (κ3) is 3.05. The van der Waals surface area contributed by atoms with Gasteiger partial charge in [0.25, 0.3) is 0 Å². The predicted molar refractivity (Wildman–Crippen MR) is 74.4 cm³/mol. The quantitative estimate of drug-likeness (QED) is 0.643. The second kappa shape index (κ2) is 5.79. The Morgan fingerprint density at radius 1 is 1.06 bits per heavy atom. The molecule has 2 N–H and O–H groups in total. The first-order valence-corrected chi connectivity index (χ1v) is 5.89. The molecule has 0 saturated carbocycles. The maximum atomic E-state index is 5.71. The summed E-state index contributed by atoms with van der Waals surface area (Å²) in [6.07, 6.45) is 0.